The summed E-state index contributed by atoms with van der Waals surface area (Å²) >= 11 is 0. The second-order valence-corrected chi connectivity index (χ2v) is 5.10. The van der Waals surface area contributed by atoms with Crippen molar-refractivity contribution in [2.75, 3.05) is 18.4 Å². The Morgan fingerprint density at radius 1 is 1.47 bits per heavy atom. The Balaban J connectivity index is 1.87. The van der Waals surface area contributed by atoms with Crippen molar-refractivity contribution in [3.63, 3.8) is 0 Å². The van der Waals surface area contributed by atoms with Gasteiger partial charge in [0.25, 0.3) is 0 Å². The molecule has 0 aliphatic carbocycles. The van der Waals surface area contributed by atoms with E-state index in [0.717, 1.165) is 5.56 Å². The minimum Gasteiger partial charge on any atom is -0.372 e. The molecule has 1 aliphatic heterocycles. The first-order valence-electron chi connectivity index (χ1n) is 6.43. The first-order chi connectivity index (χ1) is 8.95. The molecule has 0 radical (unpaired) electrons. The number of halogens is 1. The van der Waals surface area contributed by atoms with Crippen molar-refractivity contribution in [2.45, 2.75) is 33.0 Å². The highest BCUT2D eigenvalue weighted by molar-refractivity contribution is 5.90. The van der Waals surface area contributed by atoms with Crippen LogP contribution >= 0.6 is 0 Å². The van der Waals surface area contributed by atoms with E-state index < -0.39 is 0 Å². The number of likely N-dealkylation sites (tertiary alicyclic amines) is 1. The lowest BCUT2D eigenvalue weighted by atomic mass is 10.1. The van der Waals surface area contributed by atoms with Crippen LogP contribution in [0.3, 0.4) is 0 Å². The van der Waals surface area contributed by atoms with Crippen molar-refractivity contribution >= 4 is 11.7 Å². The Kier molecular flexibility index (Phi) is 4.04. The number of hydrogen-bond donors (Lipinski definition) is 1. The quantitative estimate of drug-likeness (QED) is 0.914. The fourth-order valence-corrected chi connectivity index (χ4v) is 2.00. The third-order valence-electron chi connectivity index (χ3n) is 3.04. The van der Waals surface area contributed by atoms with Crippen LogP contribution in [0, 0.1) is 12.7 Å². The van der Waals surface area contributed by atoms with E-state index in [-0.39, 0.29) is 24.1 Å². The fraction of sp³-hybridized carbons (Fsp3) is 0.500. The van der Waals surface area contributed by atoms with Gasteiger partial charge in [-0.25, -0.2) is 9.18 Å². The van der Waals surface area contributed by atoms with E-state index in [0.29, 0.717) is 18.8 Å². The number of urea groups is 1. The molecule has 5 heteroatoms. The lowest BCUT2D eigenvalue weighted by Gasteiger charge is -2.39. The Labute approximate surface area is 112 Å². The summed E-state index contributed by atoms with van der Waals surface area (Å²) in [5.41, 5.74) is 1.35. The van der Waals surface area contributed by atoms with Gasteiger partial charge in [0.05, 0.1) is 25.3 Å². The van der Waals surface area contributed by atoms with Crippen molar-refractivity contribution < 1.29 is 13.9 Å². The summed E-state index contributed by atoms with van der Waals surface area (Å²) in [5.74, 6) is -0.356. The molecule has 1 aliphatic rings. The van der Waals surface area contributed by atoms with Crippen molar-refractivity contribution in [3.8, 4) is 0 Å². The van der Waals surface area contributed by atoms with Crippen LogP contribution in [0.4, 0.5) is 14.9 Å². The van der Waals surface area contributed by atoms with Crippen LogP contribution in [0.5, 0.6) is 0 Å². The normalized spacial score (nSPS) is 15.5. The molecular weight excluding hydrogens is 247 g/mol. The van der Waals surface area contributed by atoms with Crippen LogP contribution in [0.2, 0.25) is 0 Å². The van der Waals surface area contributed by atoms with E-state index in [1.54, 1.807) is 11.0 Å². The number of hydrogen-bond acceptors (Lipinski definition) is 2. The van der Waals surface area contributed by atoms with Gasteiger partial charge in [0.15, 0.2) is 0 Å². The van der Waals surface area contributed by atoms with E-state index in [2.05, 4.69) is 5.32 Å². The molecule has 1 heterocycles. The zero-order valence-corrected chi connectivity index (χ0v) is 11.4. The Hall–Kier alpha value is -1.62. The number of benzene rings is 1. The topological polar surface area (TPSA) is 41.6 Å². The van der Waals surface area contributed by atoms with E-state index in [9.17, 15) is 9.18 Å². The maximum absolute atomic E-state index is 13.1. The van der Waals surface area contributed by atoms with E-state index >= 15 is 0 Å². The zero-order chi connectivity index (χ0) is 14.0. The predicted molar refractivity (Wildman–Crippen MR) is 71.7 cm³/mol. The molecule has 1 aromatic rings. The number of nitrogens with one attached hydrogen (secondary N) is 1. The predicted octanol–water partition coefficient (Wildman–Crippen LogP) is 2.78. The molecule has 0 spiro atoms. The molecule has 2 amide bonds. The molecule has 104 valence electrons. The largest absolute Gasteiger partial charge is 0.372 e. The summed E-state index contributed by atoms with van der Waals surface area (Å²) in [6.45, 7) is 6.93. The van der Waals surface area contributed by atoms with Gasteiger partial charge in [-0.05, 0) is 38.5 Å². The Bertz CT molecular complexity index is 471. The number of carbonyl (C=O) groups excluding carboxylic acids is 1. The van der Waals surface area contributed by atoms with Gasteiger partial charge >= 0.3 is 6.03 Å². The monoisotopic (exact) mass is 266 g/mol. The molecule has 0 atom stereocenters. The first kappa shape index (κ1) is 13.8. The number of carbonyl (C=O) groups is 1. The number of nitrogens with zero attached hydrogens (tertiary/aromatic N) is 1. The van der Waals surface area contributed by atoms with Gasteiger partial charge in [-0.1, -0.05) is 6.07 Å². The molecule has 0 bridgehead atoms. The lowest BCUT2D eigenvalue weighted by Crippen LogP contribution is -2.56. The molecule has 0 aromatic heterocycles. The summed E-state index contributed by atoms with van der Waals surface area (Å²) in [6.07, 6.45) is 0.278. The summed E-state index contributed by atoms with van der Waals surface area (Å²) in [4.78, 5) is 13.6. The lowest BCUT2D eigenvalue weighted by molar-refractivity contribution is -0.0624. The molecule has 19 heavy (non-hydrogen) atoms. The standard InChI is InChI=1S/C14H19FN2O2/c1-9(2)19-12-7-17(8-12)14(18)16-13-6-11(15)5-4-10(13)3/h4-6,9,12H,7-8H2,1-3H3,(H,16,18). The summed E-state index contributed by atoms with van der Waals surface area (Å²) in [7, 11) is 0. The number of amides is 2. The van der Waals surface area contributed by atoms with E-state index in [1.807, 2.05) is 20.8 Å². The molecule has 1 fully saturated rings. The molecule has 4 nitrogen and oxygen atoms in total. The summed E-state index contributed by atoms with van der Waals surface area (Å²) < 4.78 is 18.7. The van der Waals surface area contributed by atoms with Crippen LogP contribution in [0.15, 0.2) is 18.2 Å². The highest BCUT2D eigenvalue weighted by atomic mass is 19.1. The number of ether oxygens (including phenoxy) is 1. The van der Waals surface area contributed by atoms with Gasteiger partial charge in [-0.2, -0.15) is 0 Å². The second-order valence-electron chi connectivity index (χ2n) is 5.10. The third-order valence-corrected chi connectivity index (χ3v) is 3.04. The van der Waals surface area contributed by atoms with E-state index in [1.165, 1.54) is 12.1 Å². The van der Waals surface area contributed by atoms with Crippen LogP contribution in [-0.4, -0.2) is 36.2 Å². The summed E-state index contributed by atoms with van der Waals surface area (Å²) in [5, 5.41) is 2.72. The van der Waals surface area contributed by atoms with Crippen LogP contribution in [0.1, 0.15) is 19.4 Å². The molecular formula is C14H19FN2O2. The smallest absolute Gasteiger partial charge is 0.322 e. The minimum atomic E-state index is -0.356. The average molecular weight is 266 g/mol. The highest BCUT2D eigenvalue weighted by Crippen LogP contribution is 2.19. The molecule has 2 rings (SSSR count). The van der Waals surface area contributed by atoms with Crippen molar-refractivity contribution in [2.24, 2.45) is 0 Å². The zero-order valence-electron chi connectivity index (χ0n) is 11.4. The molecule has 0 saturated carbocycles. The first-order valence-corrected chi connectivity index (χ1v) is 6.43. The number of rotatable bonds is 3. The fourth-order valence-electron chi connectivity index (χ4n) is 2.00. The van der Waals surface area contributed by atoms with Gasteiger partial charge in [0.2, 0.25) is 0 Å². The number of anilines is 1. The van der Waals surface area contributed by atoms with Crippen molar-refractivity contribution in [1.29, 1.82) is 0 Å². The van der Waals surface area contributed by atoms with Crippen molar-refractivity contribution in [3.05, 3.63) is 29.6 Å². The second kappa shape index (κ2) is 5.57. The summed E-state index contributed by atoms with van der Waals surface area (Å²) in [6, 6.07) is 4.14. The van der Waals surface area contributed by atoms with Crippen LogP contribution in [-0.2, 0) is 4.74 Å². The maximum atomic E-state index is 13.1. The molecule has 1 N–H and O–H groups in total. The molecule has 1 saturated heterocycles. The van der Waals surface area contributed by atoms with Crippen LogP contribution < -0.4 is 5.32 Å². The van der Waals surface area contributed by atoms with E-state index in [4.69, 9.17) is 4.74 Å². The van der Waals surface area contributed by atoms with Gasteiger partial charge in [-0.15, -0.1) is 0 Å². The minimum absolute atomic E-state index is 0.111. The molecule has 0 unspecified atom stereocenters. The molecule has 1 aromatic carbocycles. The van der Waals surface area contributed by atoms with Crippen molar-refractivity contribution in [1.82, 2.24) is 4.90 Å². The van der Waals surface area contributed by atoms with Crippen LogP contribution in [0.25, 0.3) is 0 Å². The Morgan fingerprint density at radius 3 is 2.79 bits per heavy atom. The average Bonchev–Trinajstić information content (AvgIpc) is 2.27. The highest BCUT2D eigenvalue weighted by Gasteiger charge is 2.32. The van der Waals surface area contributed by atoms with Gasteiger partial charge in [-0.3, -0.25) is 0 Å². The maximum Gasteiger partial charge on any atom is 0.322 e. The Morgan fingerprint density at radius 2 is 2.16 bits per heavy atom. The van der Waals surface area contributed by atoms with Gasteiger partial charge < -0.3 is 15.0 Å². The number of aryl methyl sites for hydroxylation is 1. The van der Waals surface area contributed by atoms with Gasteiger partial charge in [0.1, 0.15) is 5.82 Å². The SMILES string of the molecule is Cc1ccc(F)cc1NC(=O)N1CC(OC(C)C)C1. The third kappa shape index (κ3) is 3.44. The van der Waals surface area contributed by atoms with Gasteiger partial charge in [0, 0.05) is 5.69 Å².